The Kier molecular flexibility index (Phi) is 3.62. The molecule has 0 bridgehead atoms. The summed E-state index contributed by atoms with van der Waals surface area (Å²) in [4.78, 5) is 11.1. The molecule has 1 amide bonds. The Morgan fingerprint density at radius 2 is 2.00 bits per heavy atom. The molecule has 0 unspecified atom stereocenters. The first kappa shape index (κ1) is 12.2. The molecule has 1 aromatic carbocycles. The summed E-state index contributed by atoms with van der Waals surface area (Å²) in [6.45, 7) is 1.61. The highest BCUT2D eigenvalue weighted by Crippen LogP contribution is 2.16. The number of nitrogens with one attached hydrogen (secondary N) is 1. The van der Waals surface area contributed by atoms with E-state index in [4.69, 9.17) is 0 Å². The van der Waals surface area contributed by atoms with E-state index in [1.54, 1.807) is 37.3 Å². The summed E-state index contributed by atoms with van der Waals surface area (Å²) >= 11 is 0. The van der Waals surface area contributed by atoms with Crippen molar-refractivity contribution >= 4 is 5.91 Å². The zero-order chi connectivity index (χ0) is 12.2. The molecule has 0 saturated carbocycles. The van der Waals surface area contributed by atoms with E-state index >= 15 is 0 Å². The highest BCUT2D eigenvalue weighted by atomic mass is 19.3. The highest BCUT2D eigenvalue weighted by Gasteiger charge is 2.36. The van der Waals surface area contributed by atoms with Gasteiger partial charge in [-0.05, 0) is 18.4 Å². The summed E-state index contributed by atoms with van der Waals surface area (Å²) in [6, 6.07) is 8.29. The maximum atomic E-state index is 12.8. The first-order valence-electron chi connectivity index (χ1n) is 4.69. The summed E-state index contributed by atoms with van der Waals surface area (Å²) in [5.74, 6) is -4.06. The Balaban J connectivity index is 2.70. The molecule has 0 radical (unpaired) electrons. The molecule has 1 atom stereocenters. The molecule has 84 valence electrons. The largest absolute Gasteiger partial charge is 0.384 e. The van der Waals surface area contributed by atoms with Crippen LogP contribution in [-0.2, 0) is 4.79 Å². The summed E-state index contributed by atoms with van der Waals surface area (Å²) in [5.41, 5.74) is 0.740. The van der Waals surface area contributed by atoms with Crippen LogP contribution in [0.2, 0.25) is 0 Å². The van der Waals surface area contributed by atoms with Gasteiger partial charge in [-0.1, -0.05) is 30.3 Å². The zero-order valence-electron chi connectivity index (χ0n) is 8.71. The number of carbonyl (C=O) groups excluding carboxylic acids is 1. The van der Waals surface area contributed by atoms with Crippen molar-refractivity contribution in [2.75, 3.05) is 0 Å². The fourth-order valence-electron chi connectivity index (χ4n) is 1.18. The van der Waals surface area contributed by atoms with Crippen LogP contribution in [-0.4, -0.2) is 11.8 Å². The van der Waals surface area contributed by atoms with Crippen molar-refractivity contribution < 1.29 is 13.6 Å². The minimum Gasteiger partial charge on any atom is -0.343 e. The molecule has 1 N–H and O–H groups in total. The van der Waals surface area contributed by atoms with E-state index < -0.39 is 17.9 Å². The van der Waals surface area contributed by atoms with Crippen molar-refractivity contribution in [2.24, 2.45) is 0 Å². The average Bonchev–Trinajstić information content (AvgIpc) is 2.30. The zero-order valence-corrected chi connectivity index (χ0v) is 8.71. The lowest BCUT2D eigenvalue weighted by Crippen LogP contribution is -2.40. The van der Waals surface area contributed by atoms with Crippen LogP contribution in [0.5, 0.6) is 0 Å². The molecule has 2 nitrogen and oxygen atoms in total. The number of carbonyl (C=O) groups is 1. The molecule has 0 aliphatic carbocycles. The van der Waals surface area contributed by atoms with Gasteiger partial charge in [0, 0.05) is 0 Å². The second-order valence-electron chi connectivity index (χ2n) is 3.32. The Hall–Kier alpha value is -1.89. The Morgan fingerprint density at radius 1 is 1.44 bits per heavy atom. The predicted octanol–water partition coefficient (Wildman–Crippen LogP) is 2.13. The van der Waals surface area contributed by atoms with Gasteiger partial charge < -0.3 is 5.32 Å². The van der Waals surface area contributed by atoms with Crippen LogP contribution in [0.1, 0.15) is 18.5 Å². The van der Waals surface area contributed by atoms with E-state index in [1.807, 2.05) is 0 Å². The molecule has 16 heavy (non-hydrogen) atoms. The molecule has 0 fully saturated rings. The monoisotopic (exact) mass is 223 g/mol. The number of halogens is 2. The summed E-state index contributed by atoms with van der Waals surface area (Å²) in [7, 11) is 0. The molecule has 0 aromatic heterocycles. The maximum Gasteiger partial charge on any atom is 0.384 e. The SMILES string of the molecule is C#CC(F)(F)C(=O)N[C@@H](C)c1ccccc1. The number of rotatable bonds is 3. The van der Waals surface area contributed by atoms with Gasteiger partial charge in [-0.2, -0.15) is 8.78 Å². The van der Waals surface area contributed by atoms with E-state index in [0.717, 1.165) is 11.5 Å². The highest BCUT2D eigenvalue weighted by molar-refractivity contribution is 5.86. The van der Waals surface area contributed by atoms with Crippen molar-refractivity contribution in [3.63, 3.8) is 0 Å². The van der Waals surface area contributed by atoms with E-state index in [-0.39, 0.29) is 0 Å². The summed E-state index contributed by atoms with van der Waals surface area (Å²) in [6.07, 6.45) is 4.56. The summed E-state index contributed by atoms with van der Waals surface area (Å²) in [5, 5.41) is 2.16. The van der Waals surface area contributed by atoms with Crippen molar-refractivity contribution in [3.05, 3.63) is 35.9 Å². The smallest absolute Gasteiger partial charge is 0.343 e. The third-order valence-corrected chi connectivity index (χ3v) is 2.11. The van der Waals surface area contributed by atoms with Crippen LogP contribution in [0, 0.1) is 12.3 Å². The van der Waals surface area contributed by atoms with Gasteiger partial charge in [0.15, 0.2) is 0 Å². The van der Waals surface area contributed by atoms with Gasteiger partial charge in [0.25, 0.3) is 0 Å². The number of terminal acetylenes is 1. The van der Waals surface area contributed by atoms with Crippen LogP contribution in [0.4, 0.5) is 8.78 Å². The lowest BCUT2D eigenvalue weighted by atomic mass is 10.1. The van der Waals surface area contributed by atoms with Crippen LogP contribution in [0.3, 0.4) is 0 Å². The number of hydrogen-bond acceptors (Lipinski definition) is 1. The average molecular weight is 223 g/mol. The third kappa shape index (κ3) is 2.80. The minimum atomic E-state index is -3.76. The Labute approximate surface area is 92.7 Å². The predicted molar refractivity (Wildman–Crippen MR) is 56.8 cm³/mol. The van der Waals surface area contributed by atoms with Gasteiger partial charge in [0.2, 0.25) is 0 Å². The van der Waals surface area contributed by atoms with Gasteiger partial charge in [0.1, 0.15) is 0 Å². The van der Waals surface area contributed by atoms with Crippen molar-refractivity contribution in [2.45, 2.75) is 18.9 Å². The van der Waals surface area contributed by atoms with Crippen LogP contribution >= 0.6 is 0 Å². The lowest BCUT2D eigenvalue weighted by molar-refractivity contribution is -0.139. The molecule has 0 saturated heterocycles. The maximum absolute atomic E-state index is 12.8. The van der Waals surface area contributed by atoms with E-state index in [2.05, 4.69) is 11.7 Å². The summed E-state index contributed by atoms with van der Waals surface area (Å²) < 4.78 is 25.5. The van der Waals surface area contributed by atoms with Crippen molar-refractivity contribution in [3.8, 4) is 12.3 Å². The minimum absolute atomic E-state index is 0.507. The fourth-order valence-corrected chi connectivity index (χ4v) is 1.18. The van der Waals surface area contributed by atoms with E-state index in [0.29, 0.717) is 0 Å². The van der Waals surface area contributed by atoms with Crippen LogP contribution in [0.25, 0.3) is 0 Å². The van der Waals surface area contributed by atoms with Crippen LogP contribution in [0.15, 0.2) is 30.3 Å². The molecular formula is C12H11F2NO. The standard InChI is InChI=1S/C12H11F2NO/c1-3-12(13,14)11(16)15-9(2)10-7-5-4-6-8-10/h1,4-9H,2H3,(H,15,16)/t9-/m0/s1. The second-order valence-corrected chi connectivity index (χ2v) is 3.32. The molecule has 0 aliphatic heterocycles. The number of amides is 1. The van der Waals surface area contributed by atoms with Crippen LogP contribution < -0.4 is 5.32 Å². The quantitative estimate of drug-likeness (QED) is 0.781. The number of alkyl halides is 2. The third-order valence-electron chi connectivity index (χ3n) is 2.11. The first-order valence-corrected chi connectivity index (χ1v) is 4.69. The molecule has 1 rings (SSSR count). The molecule has 0 spiro atoms. The molecule has 0 aliphatic rings. The first-order chi connectivity index (χ1) is 7.47. The lowest BCUT2D eigenvalue weighted by Gasteiger charge is -2.16. The molecule has 4 heteroatoms. The normalized spacial score (nSPS) is 12.6. The number of hydrogen-bond donors (Lipinski definition) is 1. The topological polar surface area (TPSA) is 29.1 Å². The van der Waals surface area contributed by atoms with Gasteiger partial charge in [0.05, 0.1) is 6.04 Å². The van der Waals surface area contributed by atoms with Gasteiger partial charge in [-0.15, -0.1) is 6.42 Å². The Morgan fingerprint density at radius 3 is 2.50 bits per heavy atom. The van der Waals surface area contributed by atoms with Gasteiger partial charge in [-0.3, -0.25) is 4.79 Å². The van der Waals surface area contributed by atoms with Gasteiger partial charge in [-0.25, -0.2) is 0 Å². The molecular weight excluding hydrogens is 212 g/mol. The van der Waals surface area contributed by atoms with Crippen molar-refractivity contribution in [1.82, 2.24) is 5.32 Å². The van der Waals surface area contributed by atoms with E-state index in [9.17, 15) is 13.6 Å². The van der Waals surface area contributed by atoms with Gasteiger partial charge >= 0.3 is 11.8 Å². The number of benzene rings is 1. The van der Waals surface area contributed by atoms with E-state index in [1.165, 1.54) is 0 Å². The Bertz CT molecular complexity index is 409. The molecule has 0 heterocycles. The molecule has 1 aromatic rings. The van der Waals surface area contributed by atoms with Crippen molar-refractivity contribution in [1.29, 1.82) is 0 Å². The second kappa shape index (κ2) is 4.75. The fraction of sp³-hybridized carbons (Fsp3) is 0.250.